The molecule has 6 rings (SSSR count). The number of ether oxygens (including phenoxy) is 1. The summed E-state index contributed by atoms with van der Waals surface area (Å²) in [4.78, 5) is 38.4. The van der Waals surface area contributed by atoms with E-state index in [1.54, 1.807) is 16.7 Å². The lowest BCUT2D eigenvalue weighted by molar-refractivity contribution is -0.0411. The van der Waals surface area contributed by atoms with Crippen molar-refractivity contribution >= 4 is 49.8 Å². The van der Waals surface area contributed by atoms with Crippen LogP contribution in [0.4, 0.5) is 5.82 Å². The fourth-order valence-corrected chi connectivity index (χ4v) is 7.78. The molecule has 3 aliphatic rings. The monoisotopic (exact) mass is 627 g/mol. The molecule has 41 heavy (non-hydrogen) atoms. The first kappa shape index (κ1) is 28.6. The van der Waals surface area contributed by atoms with Gasteiger partial charge in [-0.15, -0.1) is 0 Å². The first-order chi connectivity index (χ1) is 19.5. The quantitative estimate of drug-likeness (QED) is 0.241. The van der Waals surface area contributed by atoms with Crippen molar-refractivity contribution in [3.05, 3.63) is 42.2 Å². The van der Waals surface area contributed by atoms with Crippen molar-refractivity contribution in [1.29, 1.82) is 0 Å². The third kappa shape index (κ3) is 5.91. The number of nitrogen functional groups attached to an aromatic ring is 1. The molecule has 2 saturated heterocycles. The number of phosphoric ester groups is 1. The van der Waals surface area contributed by atoms with E-state index in [1.165, 1.54) is 18.9 Å². The second-order valence-corrected chi connectivity index (χ2v) is 14.4. The van der Waals surface area contributed by atoms with Crippen LogP contribution < -0.4 is 11.5 Å². The summed E-state index contributed by atoms with van der Waals surface area (Å²) in [5, 5.41) is 0. The molecule has 5 N–H and O–H groups in total. The molecule has 3 aromatic heterocycles. The number of aromatic nitrogens is 5. The smallest absolute Gasteiger partial charge is 0.382 e. The van der Waals surface area contributed by atoms with Crippen molar-refractivity contribution < 1.29 is 41.6 Å². The number of hydrogen-bond donors (Lipinski definition) is 4. The average Bonchev–Trinajstić information content (AvgIpc) is 3.51. The van der Waals surface area contributed by atoms with Crippen molar-refractivity contribution in [3.63, 3.8) is 0 Å². The summed E-state index contributed by atoms with van der Waals surface area (Å²) < 4.78 is 55.9. The fraction of sp³-hybridized carbons (Fsp3) is 0.500. The van der Waals surface area contributed by atoms with E-state index in [0.717, 1.165) is 5.56 Å². The molecular weight excluding hydrogens is 600 g/mol. The summed E-state index contributed by atoms with van der Waals surface area (Å²) in [6.07, 6.45) is 2.37. The van der Waals surface area contributed by atoms with Crippen LogP contribution in [-0.4, -0.2) is 67.3 Å². The Bertz CT molecular complexity index is 1580. The van der Waals surface area contributed by atoms with Crippen LogP contribution >= 0.6 is 26.9 Å². The zero-order chi connectivity index (χ0) is 28.9. The average molecular weight is 628 g/mol. The van der Waals surface area contributed by atoms with Gasteiger partial charge in [0.2, 0.25) is 0 Å². The van der Waals surface area contributed by atoms with Gasteiger partial charge >= 0.3 is 14.6 Å². The van der Waals surface area contributed by atoms with E-state index in [0.29, 0.717) is 17.6 Å². The number of carbonyl (C=O) groups excluding carboxylic acids is 1. The Morgan fingerprint density at radius 2 is 1.88 bits per heavy atom. The second kappa shape index (κ2) is 11.0. The first-order valence-electron chi connectivity index (χ1n) is 12.6. The number of pyridine rings is 1. The van der Waals surface area contributed by atoms with E-state index in [2.05, 4.69) is 32.2 Å². The van der Waals surface area contributed by atoms with Crippen molar-refractivity contribution in [2.75, 3.05) is 25.6 Å². The first-order valence-corrected chi connectivity index (χ1v) is 16.8. The van der Waals surface area contributed by atoms with E-state index in [1.807, 2.05) is 0 Å². The van der Waals surface area contributed by atoms with Gasteiger partial charge in [0.25, 0.3) is 5.91 Å². The molecule has 8 atom stereocenters. The molecule has 16 nitrogen and oxygen atoms in total. The second-order valence-electron chi connectivity index (χ2n) is 10.0. The largest absolute Gasteiger partial charge is 0.472 e. The van der Waals surface area contributed by atoms with Crippen LogP contribution in [0.25, 0.3) is 11.2 Å². The maximum atomic E-state index is 13.3. The van der Waals surface area contributed by atoms with E-state index < -0.39 is 45.6 Å². The highest BCUT2D eigenvalue weighted by Crippen LogP contribution is 2.59. The predicted octanol–water partition coefficient (Wildman–Crippen LogP) is 2.20. The molecule has 0 spiro atoms. The van der Waals surface area contributed by atoms with Gasteiger partial charge in [0.15, 0.2) is 11.5 Å². The van der Waals surface area contributed by atoms with Crippen LogP contribution in [0.15, 0.2) is 31.0 Å². The van der Waals surface area contributed by atoms with Crippen molar-refractivity contribution in [2.45, 2.75) is 37.2 Å². The molecule has 220 valence electrons. The van der Waals surface area contributed by atoms with Crippen molar-refractivity contribution in [1.82, 2.24) is 24.5 Å². The summed E-state index contributed by atoms with van der Waals surface area (Å²) in [6.45, 7) is -4.51. The fourth-order valence-electron chi connectivity index (χ4n) is 5.44. The number of fused-ring (bicyclic) bond motifs is 3. The van der Waals surface area contributed by atoms with Gasteiger partial charge < -0.3 is 25.6 Å². The number of hydrogen-bond acceptors (Lipinski definition) is 13. The third-order valence-corrected chi connectivity index (χ3v) is 10.2. The molecule has 5 heterocycles. The molecule has 19 heteroatoms. The number of anilines is 1. The van der Waals surface area contributed by atoms with Gasteiger partial charge in [0.05, 0.1) is 26.1 Å². The Kier molecular flexibility index (Phi) is 7.68. The van der Waals surface area contributed by atoms with Crippen molar-refractivity contribution in [2.24, 2.45) is 17.6 Å². The molecule has 1 aliphatic carbocycles. The van der Waals surface area contributed by atoms with Crippen LogP contribution in [0.1, 0.15) is 41.0 Å². The van der Waals surface area contributed by atoms with Crippen molar-refractivity contribution in [3.8, 4) is 0 Å². The topological polar surface area (TPSA) is 226 Å². The number of imidazole rings is 1. The normalized spacial score (nSPS) is 36.2. The molecular formula is C22H27N7O9P2S. The van der Waals surface area contributed by atoms with Crippen LogP contribution in [-0.2, 0) is 32.0 Å². The lowest BCUT2D eigenvalue weighted by Gasteiger charge is -2.45. The van der Waals surface area contributed by atoms with Gasteiger partial charge in [-0.05, 0) is 41.9 Å². The van der Waals surface area contributed by atoms with E-state index in [4.69, 9.17) is 34.3 Å². The van der Waals surface area contributed by atoms with Crippen LogP contribution in [0.5, 0.6) is 0 Å². The van der Waals surface area contributed by atoms with Gasteiger partial charge in [0.1, 0.15) is 36.0 Å². The minimum Gasteiger partial charge on any atom is -0.382 e. The Labute approximate surface area is 238 Å². The molecule has 1 saturated carbocycles. The Morgan fingerprint density at radius 3 is 2.68 bits per heavy atom. The maximum Gasteiger partial charge on any atom is 0.472 e. The molecule has 3 aromatic rings. The summed E-state index contributed by atoms with van der Waals surface area (Å²) in [5.74, 6) is -1.20. The van der Waals surface area contributed by atoms with Gasteiger partial charge in [-0.1, -0.05) is 12.2 Å². The third-order valence-electron chi connectivity index (χ3n) is 7.57. The zero-order valence-corrected chi connectivity index (χ0v) is 24.0. The lowest BCUT2D eigenvalue weighted by atomic mass is 9.63. The Hall–Kier alpha value is -2.46. The summed E-state index contributed by atoms with van der Waals surface area (Å²) in [7, 11) is -4.54. The van der Waals surface area contributed by atoms with Gasteiger partial charge in [0, 0.05) is 12.6 Å². The highest BCUT2D eigenvalue weighted by molar-refractivity contribution is 8.44. The van der Waals surface area contributed by atoms with Gasteiger partial charge in [-0.2, -0.15) is 0 Å². The van der Waals surface area contributed by atoms with E-state index >= 15 is 0 Å². The SMILES string of the molecule is NC(=O)c1cc([C@@H]2C[C@@H]3COP(=O)(S)O[C@H]4C[C@H](n5cnc6c(N)ncnc65)O[C@@H]4COP(=O)(O)OC[C@H]32)ccn1. The van der Waals surface area contributed by atoms with E-state index in [9.17, 15) is 18.8 Å². The minimum absolute atomic E-state index is 0.0142. The van der Waals surface area contributed by atoms with E-state index in [-0.39, 0.29) is 48.9 Å². The highest BCUT2D eigenvalue weighted by Gasteiger charge is 2.47. The summed E-state index contributed by atoms with van der Waals surface area (Å²) >= 11 is 4.19. The number of rotatable bonds is 3. The number of phosphoric acid groups is 1. The zero-order valence-electron chi connectivity index (χ0n) is 21.3. The van der Waals surface area contributed by atoms with Crippen LogP contribution in [0, 0.1) is 11.8 Å². The van der Waals surface area contributed by atoms with Gasteiger partial charge in [-0.3, -0.25) is 27.9 Å². The van der Waals surface area contributed by atoms with Crippen LogP contribution in [0.2, 0.25) is 0 Å². The molecule has 1 amide bonds. The Morgan fingerprint density at radius 1 is 1.07 bits per heavy atom. The number of thiol groups is 1. The number of nitrogens with two attached hydrogens (primary N) is 2. The molecule has 2 aliphatic heterocycles. The number of amides is 1. The standard InChI is InChI=1S/C22H27N7O9P2S/c23-20-19-22(27-9-26-20)29(10-28-19)18-5-16-17(37-18)8-35-39(31,32)34-7-14-12(6-36-40(33,41)38-16)3-13(14)11-1-2-25-15(4-11)21(24)30/h1-2,4,9-10,12-14,16-18H,3,5-8H2,(H2,24,30)(H,31,32)(H,33,41)(H2,23,26,27)/t12-,13+,14-,16+,17-,18-,40?/m1/s1. The Balaban J connectivity index is 1.21. The summed E-state index contributed by atoms with van der Waals surface area (Å²) in [5.41, 5.74) is 12.9. The molecule has 0 aromatic carbocycles. The molecule has 2 unspecified atom stereocenters. The van der Waals surface area contributed by atoms with Crippen LogP contribution in [0.3, 0.4) is 0 Å². The van der Waals surface area contributed by atoms with Gasteiger partial charge in [-0.25, -0.2) is 24.1 Å². The molecule has 3 fully saturated rings. The summed E-state index contributed by atoms with van der Waals surface area (Å²) in [6, 6.07) is 3.31. The lowest BCUT2D eigenvalue weighted by Crippen LogP contribution is -2.40. The minimum atomic E-state index is -4.54. The number of primary amides is 1. The molecule has 0 radical (unpaired) electrons. The maximum absolute atomic E-state index is 13.3. The highest BCUT2D eigenvalue weighted by atomic mass is 32.7. The number of nitrogens with zero attached hydrogens (tertiary/aromatic N) is 5. The molecule has 0 bridgehead atoms. The number of carbonyl (C=O) groups is 1. The predicted molar refractivity (Wildman–Crippen MR) is 145 cm³/mol.